The summed E-state index contributed by atoms with van der Waals surface area (Å²) in [6.07, 6.45) is 4.14. The van der Waals surface area contributed by atoms with Crippen molar-refractivity contribution in [2.45, 2.75) is 18.4 Å². The molecule has 0 radical (unpaired) electrons. The third-order valence-corrected chi connectivity index (χ3v) is 5.24. The Labute approximate surface area is 168 Å². The number of nitrogens with one attached hydrogen (secondary N) is 1. The molecular weight excluding hydrogens is 396 g/mol. The number of pyridine rings is 1. The van der Waals surface area contributed by atoms with E-state index in [2.05, 4.69) is 15.3 Å². The van der Waals surface area contributed by atoms with E-state index in [1.807, 2.05) is 0 Å². The van der Waals surface area contributed by atoms with Crippen LogP contribution in [0.5, 0.6) is 0 Å². The molecular formula is C20H13F2N5O3. The Kier molecular flexibility index (Phi) is 3.79. The number of aromatic nitrogens is 3. The second-order valence-corrected chi connectivity index (χ2v) is 7.07. The number of rotatable bonds is 4. The Morgan fingerprint density at radius 3 is 2.50 bits per heavy atom. The Balaban J connectivity index is 1.52. The van der Waals surface area contributed by atoms with Crippen LogP contribution in [-0.4, -0.2) is 32.6 Å². The second kappa shape index (κ2) is 6.28. The van der Waals surface area contributed by atoms with Gasteiger partial charge < -0.3 is 5.32 Å². The number of hydrogen-bond donors (Lipinski definition) is 1. The van der Waals surface area contributed by atoms with Crippen LogP contribution >= 0.6 is 0 Å². The highest BCUT2D eigenvalue weighted by Gasteiger charge is 2.62. The maximum atomic E-state index is 14.9. The minimum atomic E-state index is -1.06. The van der Waals surface area contributed by atoms with Crippen LogP contribution in [0.1, 0.15) is 33.8 Å². The van der Waals surface area contributed by atoms with E-state index in [4.69, 9.17) is 0 Å². The zero-order chi connectivity index (χ0) is 21.0. The number of halogens is 2. The number of anilines is 3. The van der Waals surface area contributed by atoms with Crippen LogP contribution in [0.25, 0.3) is 0 Å². The highest BCUT2D eigenvalue weighted by atomic mass is 19.1. The van der Waals surface area contributed by atoms with Gasteiger partial charge in [0.15, 0.2) is 17.9 Å². The van der Waals surface area contributed by atoms with Gasteiger partial charge in [-0.1, -0.05) is 6.07 Å². The van der Waals surface area contributed by atoms with Gasteiger partial charge in [0.05, 0.1) is 6.20 Å². The van der Waals surface area contributed by atoms with Crippen molar-refractivity contribution in [3.05, 3.63) is 65.7 Å². The summed E-state index contributed by atoms with van der Waals surface area (Å²) in [5.74, 6) is -3.30. The molecule has 0 bridgehead atoms. The fourth-order valence-electron chi connectivity index (χ4n) is 3.73. The Morgan fingerprint density at radius 2 is 1.90 bits per heavy atom. The summed E-state index contributed by atoms with van der Waals surface area (Å²) >= 11 is 0. The van der Waals surface area contributed by atoms with E-state index in [-0.39, 0.29) is 23.0 Å². The first-order valence-corrected chi connectivity index (χ1v) is 9.05. The topological polar surface area (TPSA) is 97.2 Å². The molecule has 30 heavy (non-hydrogen) atoms. The first-order chi connectivity index (χ1) is 14.5. The minimum Gasteiger partial charge on any atom is -0.320 e. The van der Waals surface area contributed by atoms with Crippen molar-refractivity contribution in [3.8, 4) is 0 Å². The zero-order valence-electron chi connectivity index (χ0n) is 15.3. The maximum Gasteiger partial charge on any atom is 0.274 e. The zero-order valence-corrected chi connectivity index (χ0v) is 15.3. The average molecular weight is 409 g/mol. The number of imidazole rings is 1. The highest BCUT2D eigenvalue weighted by Crippen LogP contribution is 2.54. The van der Waals surface area contributed by atoms with E-state index < -0.39 is 34.7 Å². The molecule has 2 amide bonds. The van der Waals surface area contributed by atoms with Gasteiger partial charge in [-0.2, -0.15) is 0 Å². The van der Waals surface area contributed by atoms with Crippen LogP contribution in [-0.2, 0) is 10.3 Å². The summed E-state index contributed by atoms with van der Waals surface area (Å²) in [7, 11) is 0. The van der Waals surface area contributed by atoms with E-state index in [0.717, 1.165) is 17.0 Å². The largest absolute Gasteiger partial charge is 0.320 e. The Bertz CT molecular complexity index is 1200. The lowest BCUT2D eigenvalue weighted by atomic mass is 10.2. The number of benzene rings is 1. The van der Waals surface area contributed by atoms with Crippen molar-refractivity contribution < 1.29 is 23.2 Å². The standard InChI is InChI=1S/C20H13F2N5O3/c21-13-7-11(25-17(29)15-3-1-2-6-23-15)8-14(22)16(13)26-18(30)20(4-5-20)27-12(10-28)9-24-19(26)27/h1-3,6-10H,4-5H2,(H,25,29). The average Bonchev–Trinajstić information content (AvgIpc) is 3.37. The molecule has 2 aromatic heterocycles. The molecule has 10 heteroatoms. The monoisotopic (exact) mass is 409 g/mol. The number of carbonyl (C=O) groups excluding carboxylic acids is 3. The van der Waals surface area contributed by atoms with Crippen molar-refractivity contribution in [1.82, 2.24) is 14.5 Å². The molecule has 0 atom stereocenters. The third kappa shape index (κ3) is 2.46. The molecule has 5 rings (SSSR count). The van der Waals surface area contributed by atoms with Gasteiger partial charge in [-0.3, -0.25) is 23.9 Å². The van der Waals surface area contributed by atoms with Crippen LogP contribution in [0.15, 0.2) is 42.7 Å². The SMILES string of the molecule is O=Cc1cnc2n1C1(CC1)C(=O)N2c1c(F)cc(NC(=O)c2ccccn2)cc1F. The van der Waals surface area contributed by atoms with Gasteiger partial charge in [0.1, 0.15) is 22.6 Å². The number of nitrogens with zero attached hydrogens (tertiary/aromatic N) is 4. The van der Waals surface area contributed by atoms with Gasteiger partial charge in [-0.05, 0) is 37.1 Å². The van der Waals surface area contributed by atoms with Gasteiger partial charge >= 0.3 is 0 Å². The molecule has 1 aliphatic carbocycles. The third-order valence-electron chi connectivity index (χ3n) is 5.24. The molecule has 1 saturated carbocycles. The summed E-state index contributed by atoms with van der Waals surface area (Å²) in [4.78, 5) is 45.2. The smallest absolute Gasteiger partial charge is 0.274 e. The molecule has 1 fully saturated rings. The van der Waals surface area contributed by atoms with Crippen LogP contribution in [0.3, 0.4) is 0 Å². The molecule has 2 aliphatic rings. The van der Waals surface area contributed by atoms with Crippen molar-refractivity contribution in [2.75, 3.05) is 10.2 Å². The van der Waals surface area contributed by atoms with Gasteiger partial charge in [0, 0.05) is 11.9 Å². The van der Waals surface area contributed by atoms with Crippen molar-refractivity contribution in [2.24, 2.45) is 0 Å². The molecule has 150 valence electrons. The van der Waals surface area contributed by atoms with Gasteiger partial charge in [-0.15, -0.1) is 0 Å². The fraction of sp³-hybridized carbons (Fsp3) is 0.150. The van der Waals surface area contributed by atoms with E-state index in [9.17, 15) is 23.2 Å². The second-order valence-electron chi connectivity index (χ2n) is 7.07. The number of fused-ring (bicyclic) bond motifs is 2. The summed E-state index contributed by atoms with van der Waals surface area (Å²) in [5, 5.41) is 2.38. The summed E-state index contributed by atoms with van der Waals surface area (Å²) in [6, 6.07) is 6.52. The lowest BCUT2D eigenvalue weighted by molar-refractivity contribution is -0.120. The minimum absolute atomic E-state index is 0.0114. The van der Waals surface area contributed by atoms with Crippen molar-refractivity contribution in [3.63, 3.8) is 0 Å². The van der Waals surface area contributed by atoms with E-state index in [1.54, 1.807) is 12.1 Å². The summed E-state index contributed by atoms with van der Waals surface area (Å²) < 4.78 is 31.3. The van der Waals surface area contributed by atoms with Gasteiger partial charge in [-0.25, -0.2) is 18.7 Å². The van der Waals surface area contributed by atoms with Crippen LogP contribution in [0, 0.1) is 11.6 Å². The first-order valence-electron chi connectivity index (χ1n) is 9.05. The lowest BCUT2D eigenvalue weighted by Gasteiger charge is -2.18. The molecule has 1 aromatic carbocycles. The molecule has 1 N–H and O–H groups in total. The van der Waals surface area contributed by atoms with Crippen LogP contribution in [0.2, 0.25) is 0 Å². The van der Waals surface area contributed by atoms with E-state index >= 15 is 0 Å². The van der Waals surface area contributed by atoms with Crippen molar-refractivity contribution >= 4 is 35.4 Å². The number of amides is 2. The maximum absolute atomic E-state index is 14.9. The fourth-order valence-corrected chi connectivity index (χ4v) is 3.73. The lowest BCUT2D eigenvalue weighted by Crippen LogP contribution is -2.31. The van der Waals surface area contributed by atoms with Crippen LogP contribution in [0.4, 0.5) is 26.1 Å². The Morgan fingerprint density at radius 1 is 1.17 bits per heavy atom. The molecule has 1 spiro atoms. The molecule has 0 saturated heterocycles. The van der Waals surface area contributed by atoms with E-state index in [1.165, 1.54) is 23.0 Å². The quantitative estimate of drug-likeness (QED) is 0.669. The van der Waals surface area contributed by atoms with Gasteiger partial charge in [0.2, 0.25) is 5.95 Å². The number of aldehydes is 1. The number of carbonyl (C=O) groups is 3. The molecule has 0 unspecified atom stereocenters. The number of hydrogen-bond acceptors (Lipinski definition) is 5. The van der Waals surface area contributed by atoms with Crippen molar-refractivity contribution in [1.29, 1.82) is 0 Å². The summed E-state index contributed by atoms with van der Waals surface area (Å²) in [6.45, 7) is 0. The van der Waals surface area contributed by atoms with Crippen LogP contribution < -0.4 is 10.2 Å². The molecule has 3 heterocycles. The highest BCUT2D eigenvalue weighted by molar-refractivity contribution is 6.10. The molecule has 1 aliphatic heterocycles. The normalized spacial score (nSPS) is 15.9. The predicted octanol–water partition coefficient (Wildman–Crippen LogP) is 2.79. The van der Waals surface area contributed by atoms with Gasteiger partial charge in [0.25, 0.3) is 11.8 Å². The predicted molar refractivity (Wildman–Crippen MR) is 101 cm³/mol. The summed E-state index contributed by atoms with van der Waals surface area (Å²) in [5.41, 5.74) is -1.51. The molecule has 3 aromatic rings. The van der Waals surface area contributed by atoms with E-state index in [0.29, 0.717) is 19.1 Å². The Hall–Kier alpha value is -3.95. The molecule has 8 nitrogen and oxygen atoms in total. The first kappa shape index (κ1) is 18.1.